The highest BCUT2D eigenvalue weighted by Crippen LogP contribution is 2.37. The van der Waals surface area contributed by atoms with Gasteiger partial charge in [-0.05, 0) is 43.4 Å². The fourth-order valence-electron chi connectivity index (χ4n) is 3.73. The van der Waals surface area contributed by atoms with Gasteiger partial charge in [0.2, 0.25) is 5.79 Å². The van der Waals surface area contributed by atoms with Gasteiger partial charge in [0.15, 0.2) is 0 Å². The number of benzene rings is 1. The van der Waals surface area contributed by atoms with Gasteiger partial charge in [-0.25, -0.2) is 4.79 Å². The number of hydrogen-bond donors (Lipinski definition) is 2. The van der Waals surface area contributed by atoms with Crippen molar-refractivity contribution in [1.29, 1.82) is 0 Å². The topological polar surface area (TPSA) is 84.9 Å². The zero-order valence-electron chi connectivity index (χ0n) is 16.2. The lowest BCUT2D eigenvalue weighted by Gasteiger charge is -2.37. The first-order valence-electron chi connectivity index (χ1n) is 9.43. The van der Waals surface area contributed by atoms with E-state index in [4.69, 9.17) is 9.47 Å². The quantitative estimate of drug-likeness (QED) is 0.705. The highest BCUT2D eigenvalue weighted by molar-refractivity contribution is 6.03. The van der Waals surface area contributed by atoms with Gasteiger partial charge in [0.1, 0.15) is 0 Å². The number of carboxylic acid groups (broad SMARTS) is 1. The summed E-state index contributed by atoms with van der Waals surface area (Å²) in [7, 11) is 1.54. The van der Waals surface area contributed by atoms with Crippen LogP contribution in [0.1, 0.15) is 38.2 Å². The van der Waals surface area contributed by atoms with E-state index < -0.39 is 17.7 Å². The molecule has 1 amide bonds. The molecule has 1 aromatic rings. The Morgan fingerprint density at radius 1 is 1.14 bits per heavy atom. The maximum atomic E-state index is 12.8. The van der Waals surface area contributed by atoms with Crippen molar-refractivity contribution < 1.29 is 24.2 Å². The molecule has 3 rings (SSSR count). The van der Waals surface area contributed by atoms with Crippen LogP contribution in [0.2, 0.25) is 0 Å². The standard InChI is InChI=1S/C22H25NO5/c1-3-28-22(27-2)14-16(15-8-5-4-6-9-15)12-13-19(22)23-20(24)17-10-7-11-18(17)21(25)26/h4-6,8-9,12-13H,3,7,10-11,14H2,1-2H3,(H,23,24)(H,25,26). The van der Waals surface area contributed by atoms with Crippen LogP contribution in [0.4, 0.5) is 0 Å². The number of hydrogen-bond acceptors (Lipinski definition) is 4. The lowest BCUT2D eigenvalue weighted by molar-refractivity contribution is -0.193. The summed E-state index contributed by atoms with van der Waals surface area (Å²) in [6.07, 6.45) is 5.68. The smallest absolute Gasteiger partial charge is 0.332 e. The predicted octanol–water partition coefficient (Wildman–Crippen LogP) is 3.42. The summed E-state index contributed by atoms with van der Waals surface area (Å²) in [6.45, 7) is 2.26. The Morgan fingerprint density at radius 3 is 2.50 bits per heavy atom. The molecule has 0 heterocycles. The molecule has 0 saturated heterocycles. The molecule has 2 aliphatic rings. The van der Waals surface area contributed by atoms with Gasteiger partial charge >= 0.3 is 5.97 Å². The van der Waals surface area contributed by atoms with Crippen molar-refractivity contribution in [2.75, 3.05) is 13.7 Å². The number of amides is 1. The van der Waals surface area contributed by atoms with Gasteiger partial charge in [0, 0.05) is 31.3 Å². The molecule has 2 aliphatic carbocycles. The van der Waals surface area contributed by atoms with Gasteiger partial charge in [0.05, 0.1) is 5.70 Å². The molecule has 0 radical (unpaired) electrons. The number of allylic oxidation sites excluding steroid dienone is 2. The maximum Gasteiger partial charge on any atom is 0.332 e. The molecule has 0 spiro atoms. The molecule has 0 aliphatic heterocycles. The summed E-state index contributed by atoms with van der Waals surface area (Å²) in [6, 6.07) is 9.91. The Balaban J connectivity index is 1.93. The average molecular weight is 383 g/mol. The minimum atomic E-state index is -1.13. The van der Waals surface area contributed by atoms with Crippen LogP contribution in [0, 0.1) is 0 Å². The van der Waals surface area contributed by atoms with Crippen molar-refractivity contribution in [3.8, 4) is 0 Å². The molecular weight excluding hydrogens is 358 g/mol. The molecule has 28 heavy (non-hydrogen) atoms. The van der Waals surface area contributed by atoms with Gasteiger partial charge in [-0.15, -0.1) is 0 Å². The largest absolute Gasteiger partial charge is 0.478 e. The number of carboxylic acids is 1. The Labute approximate surface area is 164 Å². The zero-order chi connectivity index (χ0) is 20.1. The molecule has 2 N–H and O–H groups in total. The van der Waals surface area contributed by atoms with E-state index in [0.717, 1.165) is 11.1 Å². The molecule has 6 heteroatoms. The van der Waals surface area contributed by atoms with Crippen LogP contribution in [0.5, 0.6) is 0 Å². The molecule has 0 bridgehead atoms. The summed E-state index contributed by atoms with van der Waals surface area (Å²) in [5, 5.41) is 12.2. The van der Waals surface area contributed by atoms with Crippen molar-refractivity contribution >= 4 is 17.4 Å². The fourth-order valence-corrected chi connectivity index (χ4v) is 3.73. The van der Waals surface area contributed by atoms with Gasteiger partial charge in [-0.2, -0.15) is 0 Å². The van der Waals surface area contributed by atoms with Crippen molar-refractivity contribution in [3.05, 3.63) is 64.9 Å². The van der Waals surface area contributed by atoms with Gasteiger partial charge in [0.25, 0.3) is 5.91 Å². The summed E-state index contributed by atoms with van der Waals surface area (Å²) in [5.41, 5.74) is 3.07. The first kappa shape index (κ1) is 20.0. The normalized spacial score (nSPS) is 21.9. The number of rotatable bonds is 7. The van der Waals surface area contributed by atoms with E-state index in [1.165, 1.54) is 0 Å². The number of methoxy groups -OCH3 is 1. The molecule has 1 aromatic carbocycles. The number of aliphatic carboxylic acids is 1. The molecule has 0 fully saturated rings. The second-order valence-corrected chi connectivity index (χ2v) is 6.78. The second kappa shape index (κ2) is 8.54. The molecule has 1 unspecified atom stereocenters. The number of ether oxygens (including phenoxy) is 2. The molecular formula is C22H25NO5. The predicted molar refractivity (Wildman–Crippen MR) is 105 cm³/mol. The summed E-state index contributed by atoms with van der Waals surface area (Å²) >= 11 is 0. The minimum absolute atomic E-state index is 0.189. The summed E-state index contributed by atoms with van der Waals surface area (Å²) in [5.74, 6) is -2.57. The Bertz CT molecular complexity index is 853. The van der Waals surface area contributed by atoms with Gasteiger partial charge in [-0.1, -0.05) is 36.4 Å². The second-order valence-electron chi connectivity index (χ2n) is 6.78. The molecule has 0 saturated carbocycles. The third kappa shape index (κ3) is 3.93. The SMILES string of the molecule is CCOC1(OC)CC(c2ccccc2)=CC=C1NC(=O)C1=C(C(=O)O)CCC1. The highest BCUT2D eigenvalue weighted by Gasteiger charge is 2.40. The minimum Gasteiger partial charge on any atom is -0.478 e. The Hall–Kier alpha value is -2.70. The van der Waals surface area contributed by atoms with Crippen LogP contribution in [0.15, 0.2) is 59.3 Å². The Morgan fingerprint density at radius 2 is 1.86 bits per heavy atom. The van der Waals surface area contributed by atoms with Crippen LogP contribution in [0.3, 0.4) is 0 Å². The number of carbonyl (C=O) groups excluding carboxylic acids is 1. The fraction of sp³-hybridized carbons (Fsp3) is 0.364. The number of nitrogens with one attached hydrogen (secondary N) is 1. The van der Waals surface area contributed by atoms with Crippen molar-refractivity contribution in [3.63, 3.8) is 0 Å². The van der Waals surface area contributed by atoms with E-state index in [1.807, 2.05) is 43.3 Å². The van der Waals surface area contributed by atoms with Crippen LogP contribution in [-0.4, -0.2) is 36.5 Å². The lowest BCUT2D eigenvalue weighted by Crippen LogP contribution is -2.46. The maximum absolute atomic E-state index is 12.8. The zero-order valence-corrected chi connectivity index (χ0v) is 16.2. The first-order chi connectivity index (χ1) is 13.5. The van der Waals surface area contributed by atoms with Crippen LogP contribution in [0.25, 0.3) is 5.57 Å². The third-order valence-corrected chi connectivity index (χ3v) is 5.13. The third-order valence-electron chi connectivity index (χ3n) is 5.13. The van der Waals surface area contributed by atoms with Gasteiger partial charge in [-0.3, -0.25) is 4.79 Å². The van der Waals surface area contributed by atoms with Crippen molar-refractivity contribution in [2.45, 2.75) is 38.4 Å². The van der Waals surface area contributed by atoms with Crippen molar-refractivity contribution in [2.24, 2.45) is 0 Å². The lowest BCUT2D eigenvalue weighted by atomic mass is 9.91. The summed E-state index contributed by atoms with van der Waals surface area (Å²) in [4.78, 5) is 24.2. The van der Waals surface area contributed by atoms with Crippen LogP contribution < -0.4 is 5.32 Å². The molecule has 1 atom stereocenters. The van der Waals surface area contributed by atoms with E-state index >= 15 is 0 Å². The number of carbonyl (C=O) groups is 2. The van der Waals surface area contributed by atoms with E-state index in [2.05, 4.69) is 5.32 Å². The van der Waals surface area contributed by atoms with E-state index in [0.29, 0.717) is 43.6 Å². The first-order valence-corrected chi connectivity index (χ1v) is 9.43. The van der Waals surface area contributed by atoms with E-state index in [-0.39, 0.29) is 5.57 Å². The molecule has 6 nitrogen and oxygen atoms in total. The van der Waals surface area contributed by atoms with Crippen LogP contribution in [-0.2, 0) is 19.1 Å². The summed E-state index contributed by atoms with van der Waals surface area (Å²) < 4.78 is 11.7. The monoisotopic (exact) mass is 383 g/mol. The van der Waals surface area contributed by atoms with Crippen molar-refractivity contribution in [1.82, 2.24) is 5.32 Å². The Kier molecular flexibility index (Phi) is 6.11. The molecule has 148 valence electrons. The van der Waals surface area contributed by atoms with Gasteiger partial charge < -0.3 is 19.9 Å². The highest BCUT2D eigenvalue weighted by atomic mass is 16.7. The molecule has 0 aromatic heterocycles. The van der Waals surface area contributed by atoms with Crippen LogP contribution >= 0.6 is 0 Å². The van der Waals surface area contributed by atoms with E-state index in [1.54, 1.807) is 13.2 Å². The van der Waals surface area contributed by atoms with E-state index in [9.17, 15) is 14.7 Å². The average Bonchev–Trinajstić information content (AvgIpc) is 3.20.